The van der Waals surface area contributed by atoms with Crippen molar-refractivity contribution in [1.82, 2.24) is 4.98 Å². The Hall–Kier alpha value is -2.78. The lowest BCUT2D eigenvalue weighted by atomic mass is 10.1. The molecule has 0 radical (unpaired) electrons. The van der Waals surface area contributed by atoms with E-state index in [2.05, 4.69) is 32.3 Å². The van der Waals surface area contributed by atoms with Gasteiger partial charge >= 0.3 is 0 Å². The average molecular weight is 384 g/mol. The second-order valence-electron chi connectivity index (χ2n) is 5.02. The Morgan fingerprint density at radius 2 is 1.88 bits per heavy atom. The molecule has 0 atom stereocenters. The summed E-state index contributed by atoms with van der Waals surface area (Å²) in [5, 5.41) is 13.5. The fourth-order valence-corrected chi connectivity index (χ4v) is 2.85. The summed E-state index contributed by atoms with van der Waals surface area (Å²) in [4.78, 5) is 4.35. The average Bonchev–Trinajstić information content (AvgIpc) is 2.60. The second-order valence-corrected chi connectivity index (χ2v) is 5.93. The van der Waals surface area contributed by atoms with Crippen molar-refractivity contribution in [3.8, 4) is 17.6 Å². The normalized spacial score (nSPS) is 10.2. The molecule has 2 aromatic carbocycles. The number of methoxy groups -OCH3 is 2. The summed E-state index contributed by atoms with van der Waals surface area (Å²) < 4.78 is 11.6. The Balaban J connectivity index is 2.22. The van der Waals surface area contributed by atoms with E-state index < -0.39 is 0 Å². The summed E-state index contributed by atoms with van der Waals surface area (Å²) in [6.07, 6.45) is 1.55. The third-order valence-corrected chi connectivity index (χ3v) is 4.08. The first-order valence-electron chi connectivity index (χ1n) is 7.13. The predicted molar refractivity (Wildman–Crippen MR) is 97.0 cm³/mol. The summed E-state index contributed by atoms with van der Waals surface area (Å²) in [5.74, 6) is 1.18. The van der Waals surface area contributed by atoms with Crippen molar-refractivity contribution in [3.63, 3.8) is 0 Å². The first-order valence-corrected chi connectivity index (χ1v) is 7.93. The van der Waals surface area contributed by atoms with Gasteiger partial charge in [0.2, 0.25) is 0 Å². The molecule has 5 nitrogen and oxygen atoms in total. The highest BCUT2D eigenvalue weighted by molar-refractivity contribution is 9.10. The molecule has 24 heavy (non-hydrogen) atoms. The van der Waals surface area contributed by atoms with Gasteiger partial charge in [0.25, 0.3) is 0 Å². The third-order valence-electron chi connectivity index (χ3n) is 3.59. The molecule has 6 heteroatoms. The molecule has 1 heterocycles. The van der Waals surface area contributed by atoms with Crippen molar-refractivity contribution in [2.75, 3.05) is 19.5 Å². The molecule has 1 aromatic heterocycles. The monoisotopic (exact) mass is 383 g/mol. The zero-order valence-electron chi connectivity index (χ0n) is 13.1. The Kier molecular flexibility index (Phi) is 4.54. The van der Waals surface area contributed by atoms with E-state index in [9.17, 15) is 5.26 Å². The molecule has 3 rings (SSSR count). The topological polar surface area (TPSA) is 67.2 Å². The van der Waals surface area contributed by atoms with Gasteiger partial charge in [-0.1, -0.05) is 22.0 Å². The number of benzene rings is 2. The van der Waals surface area contributed by atoms with E-state index >= 15 is 0 Å². The molecule has 0 aliphatic rings. The summed E-state index contributed by atoms with van der Waals surface area (Å²) >= 11 is 3.45. The Labute approximate surface area is 148 Å². The van der Waals surface area contributed by atoms with Crippen LogP contribution >= 0.6 is 15.9 Å². The first-order chi connectivity index (χ1) is 11.7. The lowest BCUT2D eigenvalue weighted by molar-refractivity contribution is 0.356. The van der Waals surface area contributed by atoms with Gasteiger partial charge in [0, 0.05) is 27.8 Å². The first kappa shape index (κ1) is 16.1. The molecule has 0 amide bonds. The minimum atomic E-state index is 0.453. The number of nitrogens with zero attached hydrogens (tertiary/aromatic N) is 2. The number of rotatable bonds is 4. The number of pyridine rings is 1. The van der Waals surface area contributed by atoms with Crippen LogP contribution in [-0.2, 0) is 0 Å². The number of anilines is 2. The van der Waals surface area contributed by atoms with Crippen LogP contribution in [0.2, 0.25) is 0 Å². The maximum Gasteiger partial charge on any atom is 0.162 e. The van der Waals surface area contributed by atoms with Crippen LogP contribution in [0.1, 0.15) is 5.56 Å². The number of ether oxygens (including phenoxy) is 2. The van der Waals surface area contributed by atoms with E-state index in [-0.39, 0.29) is 0 Å². The lowest BCUT2D eigenvalue weighted by Crippen LogP contribution is -1.98. The smallest absolute Gasteiger partial charge is 0.162 e. The minimum absolute atomic E-state index is 0.453. The molecule has 0 aliphatic carbocycles. The molecule has 0 fully saturated rings. The van der Waals surface area contributed by atoms with E-state index in [4.69, 9.17) is 9.47 Å². The van der Waals surface area contributed by atoms with Gasteiger partial charge in [0.1, 0.15) is 6.07 Å². The second kappa shape index (κ2) is 6.77. The van der Waals surface area contributed by atoms with Gasteiger partial charge in [0.05, 0.1) is 31.0 Å². The van der Waals surface area contributed by atoms with Crippen molar-refractivity contribution in [2.24, 2.45) is 0 Å². The van der Waals surface area contributed by atoms with Crippen LogP contribution in [0.3, 0.4) is 0 Å². The van der Waals surface area contributed by atoms with Crippen LogP contribution < -0.4 is 14.8 Å². The Bertz CT molecular complexity index is 951. The van der Waals surface area contributed by atoms with Gasteiger partial charge in [-0.05, 0) is 24.3 Å². The van der Waals surface area contributed by atoms with Gasteiger partial charge in [-0.3, -0.25) is 4.98 Å². The number of hydrogen-bond acceptors (Lipinski definition) is 5. The number of halogens is 1. The van der Waals surface area contributed by atoms with Crippen LogP contribution in [-0.4, -0.2) is 19.2 Å². The standard InChI is InChI=1S/C18H14BrN3O2/c1-23-16-7-14-15(8-17(16)24-2)21-10-11(9-20)18(14)22-13-5-3-4-12(19)6-13/h3-8,10H,1-2H3,(H,21,22). The maximum absolute atomic E-state index is 9.44. The van der Waals surface area contributed by atoms with E-state index in [1.165, 1.54) is 0 Å². The molecule has 3 aromatic rings. The number of fused-ring (bicyclic) bond motifs is 1. The van der Waals surface area contributed by atoms with Crippen molar-refractivity contribution in [1.29, 1.82) is 5.26 Å². The van der Waals surface area contributed by atoms with E-state index in [0.29, 0.717) is 28.3 Å². The maximum atomic E-state index is 9.44. The Morgan fingerprint density at radius 1 is 1.12 bits per heavy atom. The fourth-order valence-electron chi connectivity index (χ4n) is 2.45. The van der Waals surface area contributed by atoms with Crippen LogP contribution in [0.4, 0.5) is 11.4 Å². The van der Waals surface area contributed by atoms with E-state index in [0.717, 1.165) is 15.5 Å². The summed E-state index contributed by atoms with van der Waals surface area (Å²) in [6.45, 7) is 0. The van der Waals surface area contributed by atoms with Crippen LogP contribution in [0, 0.1) is 11.3 Å². The molecule has 120 valence electrons. The SMILES string of the molecule is COc1cc2ncc(C#N)c(Nc3cccc(Br)c3)c2cc1OC. The molecule has 1 N–H and O–H groups in total. The molecule has 0 saturated heterocycles. The van der Waals surface area contributed by atoms with E-state index in [1.54, 1.807) is 26.5 Å². The van der Waals surface area contributed by atoms with Crippen LogP contribution in [0.15, 0.2) is 47.1 Å². The molecule has 0 saturated carbocycles. The molecule has 0 aliphatic heterocycles. The number of nitrogens with one attached hydrogen (secondary N) is 1. The van der Waals surface area contributed by atoms with Gasteiger partial charge in [-0.15, -0.1) is 0 Å². The summed E-state index contributed by atoms with van der Waals surface area (Å²) in [6, 6.07) is 13.5. The molecule has 0 unspecified atom stereocenters. The van der Waals surface area contributed by atoms with Crippen molar-refractivity contribution < 1.29 is 9.47 Å². The summed E-state index contributed by atoms with van der Waals surface area (Å²) in [7, 11) is 3.15. The van der Waals surface area contributed by atoms with Gasteiger partial charge in [0.15, 0.2) is 11.5 Å². The van der Waals surface area contributed by atoms with E-state index in [1.807, 2.05) is 30.3 Å². The zero-order chi connectivity index (χ0) is 17.1. The highest BCUT2D eigenvalue weighted by Crippen LogP contribution is 2.37. The Morgan fingerprint density at radius 3 is 2.54 bits per heavy atom. The lowest BCUT2D eigenvalue weighted by Gasteiger charge is -2.14. The van der Waals surface area contributed by atoms with Crippen molar-refractivity contribution in [2.45, 2.75) is 0 Å². The number of hydrogen-bond donors (Lipinski definition) is 1. The molecule has 0 spiro atoms. The largest absolute Gasteiger partial charge is 0.493 e. The molecular formula is C18H14BrN3O2. The fraction of sp³-hybridized carbons (Fsp3) is 0.111. The van der Waals surface area contributed by atoms with Crippen LogP contribution in [0.5, 0.6) is 11.5 Å². The van der Waals surface area contributed by atoms with Crippen molar-refractivity contribution >= 4 is 38.2 Å². The zero-order valence-corrected chi connectivity index (χ0v) is 14.7. The minimum Gasteiger partial charge on any atom is -0.493 e. The number of aromatic nitrogens is 1. The van der Waals surface area contributed by atoms with Crippen molar-refractivity contribution in [3.05, 3.63) is 52.6 Å². The highest BCUT2D eigenvalue weighted by atomic mass is 79.9. The summed E-state index contributed by atoms with van der Waals surface area (Å²) in [5.41, 5.74) is 2.71. The van der Waals surface area contributed by atoms with Gasteiger partial charge in [-0.2, -0.15) is 5.26 Å². The molecular weight excluding hydrogens is 370 g/mol. The number of nitriles is 1. The predicted octanol–water partition coefficient (Wildman–Crippen LogP) is 4.63. The highest BCUT2D eigenvalue weighted by Gasteiger charge is 2.14. The van der Waals surface area contributed by atoms with Gasteiger partial charge < -0.3 is 14.8 Å². The third kappa shape index (κ3) is 2.99. The van der Waals surface area contributed by atoms with Gasteiger partial charge in [-0.25, -0.2) is 0 Å². The van der Waals surface area contributed by atoms with Crippen LogP contribution in [0.25, 0.3) is 10.9 Å². The molecule has 0 bridgehead atoms. The quantitative estimate of drug-likeness (QED) is 0.711.